The summed E-state index contributed by atoms with van der Waals surface area (Å²) in [6, 6.07) is 6.40. The molecule has 0 aliphatic heterocycles. The van der Waals surface area contributed by atoms with Crippen LogP contribution in [0.5, 0.6) is 5.75 Å². The molecule has 2 N–H and O–H groups in total. The van der Waals surface area contributed by atoms with Crippen LogP contribution in [0.15, 0.2) is 29.3 Å². The van der Waals surface area contributed by atoms with Crippen LogP contribution in [-0.4, -0.2) is 37.2 Å². The normalized spacial score (nSPS) is 12.3. The van der Waals surface area contributed by atoms with Crippen LogP contribution in [0.2, 0.25) is 0 Å². The van der Waals surface area contributed by atoms with Crippen LogP contribution >= 0.6 is 35.3 Å². The second kappa shape index (κ2) is 11.3. The van der Waals surface area contributed by atoms with Crippen molar-refractivity contribution < 1.29 is 9.13 Å². The van der Waals surface area contributed by atoms with Crippen molar-refractivity contribution in [2.75, 3.05) is 20.1 Å². The van der Waals surface area contributed by atoms with Crippen LogP contribution in [0, 0.1) is 19.7 Å². The molecule has 0 saturated heterocycles. The van der Waals surface area contributed by atoms with Gasteiger partial charge in [-0.05, 0) is 32.9 Å². The molecule has 8 heteroatoms. The van der Waals surface area contributed by atoms with Gasteiger partial charge in [0, 0.05) is 24.9 Å². The smallest absolute Gasteiger partial charge is 0.191 e. The molecule has 2 aromatic rings. The molecular weight excluding hydrogens is 466 g/mol. The molecule has 1 atom stereocenters. The molecule has 5 nitrogen and oxygen atoms in total. The Morgan fingerprint density at radius 3 is 2.65 bits per heavy atom. The molecule has 0 fully saturated rings. The van der Waals surface area contributed by atoms with Gasteiger partial charge < -0.3 is 15.4 Å². The molecule has 1 aromatic heterocycles. The average Bonchev–Trinajstić information content (AvgIpc) is 2.91. The first-order valence-electron chi connectivity index (χ1n) is 8.28. The number of rotatable bonds is 7. The van der Waals surface area contributed by atoms with Crippen molar-refractivity contribution in [3.63, 3.8) is 0 Å². The summed E-state index contributed by atoms with van der Waals surface area (Å²) in [4.78, 5) is 9.97. The van der Waals surface area contributed by atoms with Crippen LogP contribution in [0.1, 0.15) is 22.5 Å². The van der Waals surface area contributed by atoms with Gasteiger partial charge in [-0.15, -0.1) is 35.3 Å². The molecule has 1 heterocycles. The quantitative estimate of drug-likeness (QED) is 0.352. The number of aromatic nitrogens is 1. The zero-order chi connectivity index (χ0) is 18.2. The van der Waals surface area contributed by atoms with E-state index < -0.39 is 0 Å². The van der Waals surface area contributed by atoms with E-state index >= 15 is 0 Å². The summed E-state index contributed by atoms with van der Waals surface area (Å²) in [6.45, 7) is 7.26. The number of thiazole rings is 1. The first kappa shape index (κ1) is 22.6. The third-order valence-corrected chi connectivity index (χ3v) is 4.78. The van der Waals surface area contributed by atoms with E-state index in [0.717, 1.165) is 23.7 Å². The maximum atomic E-state index is 13.6. The van der Waals surface area contributed by atoms with Crippen LogP contribution in [0.3, 0.4) is 0 Å². The lowest BCUT2D eigenvalue weighted by Crippen LogP contribution is -2.42. The number of guanidine groups is 1. The van der Waals surface area contributed by atoms with E-state index in [9.17, 15) is 4.39 Å². The van der Waals surface area contributed by atoms with Gasteiger partial charge in [-0.3, -0.25) is 4.99 Å². The largest absolute Gasteiger partial charge is 0.486 e. The molecule has 0 saturated carbocycles. The Hall–Kier alpha value is -1.42. The number of aryl methyl sites for hydroxylation is 2. The molecule has 144 valence electrons. The third kappa shape index (κ3) is 7.06. The minimum Gasteiger partial charge on any atom is -0.486 e. The Kier molecular flexibility index (Phi) is 9.85. The highest BCUT2D eigenvalue weighted by atomic mass is 127. The highest BCUT2D eigenvalue weighted by molar-refractivity contribution is 14.0. The lowest BCUT2D eigenvalue weighted by molar-refractivity contribution is 0.214. The lowest BCUT2D eigenvalue weighted by Gasteiger charge is -2.18. The van der Waals surface area contributed by atoms with Crippen molar-refractivity contribution in [3.05, 3.63) is 45.7 Å². The van der Waals surface area contributed by atoms with Gasteiger partial charge >= 0.3 is 0 Å². The molecule has 1 aromatic carbocycles. The zero-order valence-electron chi connectivity index (χ0n) is 15.5. The number of hydrogen-bond donors (Lipinski definition) is 2. The van der Waals surface area contributed by atoms with Gasteiger partial charge in [0.15, 0.2) is 17.5 Å². The number of para-hydroxylation sites is 1. The summed E-state index contributed by atoms with van der Waals surface area (Å²) in [7, 11) is 1.72. The fourth-order valence-electron chi connectivity index (χ4n) is 2.19. The second-order valence-electron chi connectivity index (χ2n) is 5.74. The average molecular weight is 492 g/mol. The summed E-state index contributed by atoms with van der Waals surface area (Å²) in [5.41, 5.74) is 1.10. The van der Waals surface area contributed by atoms with Crippen LogP contribution < -0.4 is 15.4 Å². The standard InChI is InChI=1S/C18H25FN4OS.HI/c1-12(24-16-8-6-5-7-15(16)19)11-22-18(20-4)21-10-9-17-23-13(2)14(3)25-17;/h5-8,12H,9-11H2,1-4H3,(H2,20,21,22);1H. The Bertz CT molecular complexity index is 703. The van der Waals surface area contributed by atoms with Gasteiger partial charge in [0.05, 0.1) is 17.2 Å². The van der Waals surface area contributed by atoms with Gasteiger partial charge in [0.1, 0.15) is 6.10 Å². The first-order valence-corrected chi connectivity index (χ1v) is 9.10. The molecule has 2 rings (SSSR count). The topological polar surface area (TPSA) is 58.5 Å². The molecule has 0 spiro atoms. The highest BCUT2D eigenvalue weighted by Gasteiger charge is 2.09. The highest BCUT2D eigenvalue weighted by Crippen LogP contribution is 2.17. The minimum atomic E-state index is -0.356. The second-order valence-corrected chi connectivity index (χ2v) is 7.03. The fourth-order valence-corrected chi connectivity index (χ4v) is 3.13. The van der Waals surface area contributed by atoms with E-state index in [1.165, 1.54) is 10.9 Å². The maximum absolute atomic E-state index is 13.6. The van der Waals surface area contributed by atoms with E-state index in [0.29, 0.717) is 12.5 Å². The van der Waals surface area contributed by atoms with Gasteiger partial charge in [-0.2, -0.15) is 0 Å². The summed E-state index contributed by atoms with van der Waals surface area (Å²) in [6.07, 6.45) is 0.654. The molecule has 0 bridgehead atoms. The number of aliphatic imine (C=N–C) groups is 1. The predicted molar refractivity (Wildman–Crippen MR) is 117 cm³/mol. The molecule has 0 radical (unpaired) electrons. The molecule has 26 heavy (non-hydrogen) atoms. The minimum absolute atomic E-state index is 0. The Balaban J connectivity index is 0.00000338. The Morgan fingerprint density at radius 2 is 2.04 bits per heavy atom. The monoisotopic (exact) mass is 492 g/mol. The van der Waals surface area contributed by atoms with E-state index in [2.05, 4.69) is 27.5 Å². The molecule has 0 amide bonds. The number of ether oxygens (including phenoxy) is 1. The van der Waals surface area contributed by atoms with Gasteiger partial charge in [0.25, 0.3) is 0 Å². The predicted octanol–water partition coefficient (Wildman–Crippen LogP) is 3.69. The van der Waals surface area contributed by atoms with Gasteiger partial charge in [-0.25, -0.2) is 9.37 Å². The maximum Gasteiger partial charge on any atom is 0.191 e. The summed E-state index contributed by atoms with van der Waals surface area (Å²) in [5.74, 6) is 0.592. The lowest BCUT2D eigenvalue weighted by atomic mass is 10.3. The van der Waals surface area contributed by atoms with Crippen molar-refractivity contribution >= 4 is 41.3 Å². The van der Waals surface area contributed by atoms with Crippen molar-refractivity contribution in [2.45, 2.75) is 33.3 Å². The number of nitrogens with zero attached hydrogens (tertiary/aromatic N) is 2. The van der Waals surface area contributed by atoms with Gasteiger partial charge in [-0.1, -0.05) is 12.1 Å². The van der Waals surface area contributed by atoms with E-state index in [1.54, 1.807) is 36.6 Å². The van der Waals surface area contributed by atoms with Crippen LogP contribution in [0.4, 0.5) is 4.39 Å². The van der Waals surface area contributed by atoms with Crippen LogP contribution in [0.25, 0.3) is 0 Å². The summed E-state index contributed by atoms with van der Waals surface area (Å²) >= 11 is 1.73. The number of nitrogens with one attached hydrogen (secondary N) is 2. The van der Waals surface area contributed by atoms with Crippen molar-refractivity contribution in [1.29, 1.82) is 0 Å². The van der Waals surface area contributed by atoms with Gasteiger partial charge in [0.2, 0.25) is 0 Å². The van der Waals surface area contributed by atoms with Crippen molar-refractivity contribution in [3.8, 4) is 5.75 Å². The Labute approximate surface area is 175 Å². The molecule has 0 aliphatic rings. The van der Waals surface area contributed by atoms with Crippen molar-refractivity contribution in [2.24, 2.45) is 4.99 Å². The summed E-state index contributed by atoms with van der Waals surface area (Å²) < 4.78 is 19.2. The summed E-state index contributed by atoms with van der Waals surface area (Å²) in [5, 5.41) is 7.56. The van der Waals surface area contributed by atoms with Crippen molar-refractivity contribution in [1.82, 2.24) is 15.6 Å². The Morgan fingerprint density at radius 1 is 1.31 bits per heavy atom. The molecular formula is C18H26FIN4OS. The third-order valence-electron chi connectivity index (χ3n) is 3.65. The van der Waals surface area contributed by atoms with E-state index in [4.69, 9.17) is 4.74 Å². The van der Waals surface area contributed by atoms with E-state index in [1.807, 2.05) is 13.8 Å². The fraction of sp³-hybridized carbons (Fsp3) is 0.444. The zero-order valence-corrected chi connectivity index (χ0v) is 18.7. The molecule has 1 unspecified atom stereocenters. The van der Waals surface area contributed by atoms with E-state index in [-0.39, 0.29) is 41.6 Å². The molecule has 0 aliphatic carbocycles. The first-order chi connectivity index (χ1) is 12.0. The van der Waals surface area contributed by atoms with Crippen LogP contribution in [-0.2, 0) is 6.42 Å². The number of hydrogen-bond acceptors (Lipinski definition) is 4. The number of halogens is 2. The SMILES string of the molecule is CN=C(NCCc1nc(C)c(C)s1)NCC(C)Oc1ccccc1F.I. The number of benzene rings is 1.